The van der Waals surface area contributed by atoms with Crippen LogP contribution in [0.5, 0.6) is 0 Å². The van der Waals surface area contributed by atoms with Crippen LogP contribution in [0.25, 0.3) is 0 Å². The van der Waals surface area contributed by atoms with Gasteiger partial charge in [-0.1, -0.05) is 12.1 Å². The number of hydrogen-bond acceptors (Lipinski definition) is 4. The van der Waals surface area contributed by atoms with E-state index in [9.17, 15) is 19.7 Å². The van der Waals surface area contributed by atoms with Crippen LogP contribution in [0, 0.1) is 16.0 Å². The van der Waals surface area contributed by atoms with E-state index < -0.39 is 4.92 Å². The maximum absolute atomic E-state index is 11.3. The summed E-state index contributed by atoms with van der Waals surface area (Å²) in [7, 11) is 0. The molecule has 1 atom stereocenters. The zero-order chi connectivity index (χ0) is 12.4. The Bertz CT molecular complexity index is 481. The molecule has 88 valence electrons. The number of carbonyl (C=O) groups excluding carboxylic acids is 2. The molecule has 0 spiro atoms. The molecule has 6 nitrogen and oxygen atoms in total. The molecule has 2 rings (SSSR count). The molecule has 1 aromatic rings. The van der Waals surface area contributed by atoms with Crippen molar-refractivity contribution in [1.29, 1.82) is 0 Å². The molecular formula is C11H10N2O4. The van der Waals surface area contributed by atoms with E-state index in [1.165, 1.54) is 12.1 Å². The van der Waals surface area contributed by atoms with Crippen molar-refractivity contribution in [3.8, 4) is 0 Å². The Morgan fingerprint density at radius 3 is 2.41 bits per heavy atom. The SMILES string of the molecule is O=C1CC(Cc2ccc([N+](=O)[O-])cc2)C(=O)N1. The third kappa shape index (κ3) is 2.47. The number of nitro benzene ring substituents is 1. The second-order valence-electron chi connectivity index (χ2n) is 3.94. The van der Waals surface area contributed by atoms with Crippen LogP contribution in [0.15, 0.2) is 24.3 Å². The summed E-state index contributed by atoms with van der Waals surface area (Å²) in [6.45, 7) is 0. The van der Waals surface area contributed by atoms with Crippen LogP contribution in [0.4, 0.5) is 5.69 Å². The molecule has 1 unspecified atom stereocenters. The largest absolute Gasteiger partial charge is 0.296 e. The molecule has 1 N–H and O–H groups in total. The number of rotatable bonds is 3. The maximum Gasteiger partial charge on any atom is 0.269 e. The molecule has 0 saturated carbocycles. The van der Waals surface area contributed by atoms with Crippen LogP contribution in [0.3, 0.4) is 0 Å². The van der Waals surface area contributed by atoms with E-state index in [-0.39, 0.29) is 29.8 Å². The average molecular weight is 234 g/mol. The Morgan fingerprint density at radius 2 is 1.94 bits per heavy atom. The molecular weight excluding hydrogens is 224 g/mol. The minimum Gasteiger partial charge on any atom is -0.296 e. The van der Waals surface area contributed by atoms with Crippen molar-refractivity contribution in [2.75, 3.05) is 0 Å². The van der Waals surface area contributed by atoms with Gasteiger partial charge in [-0.3, -0.25) is 25.0 Å². The first-order chi connectivity index (χ1) is 8.06. The first-order valence-corrected chi connectivity index (χ1v) is 5.13. The molecule has 1 heterocycles. The third-order valence-electron chi connectivity index (χ3n) is 2.69. The molecule has 0 radical (unpaired) electrons. The quantitative estimate of drug-likeness (QED) is 0.476. The predicted octanol–water partition coefficient (Wildman–Crippen LogP) is 0.800. The zero-order valence-electron chi connectivity index (χ0n) is 8.88. The van der Waals surface area contributed by atoms with Gasteiger partial charge in [0.25, 0.3) is 5.69 Å². The lowest BCUT2D eigenvalue weighted by Crippen LogP contribution is -2.22. The van der Waals surface area contributed by atoms with Crippen LogP contribution >= 0.6 is 0 Å². The van der Waals surface area contributed by atoms with Gasteiger partial charge in [-0.05, 0) is 12.0 Å². The lowest BCUT2D eigenvalue weighted by molar-refractivity contribution is -0.384. The standard InChI is InChI=1S/C11H10N2O4/c14-10-6-8(11(15)12-10)5-7-1-3-9(4-2-7)13(16)17/h1-4,8H,5-6H2,(H,12,14,15). The van der Waals surface area contributed by atoms with Crippen molar-refractivity contribution in [3.63, 3.8) is 0 Å². The highest BCUT2D eigenvalue weighted by atomic mass is 16.6. The van der Waals surface area contributed by atoms with Crippen LogP contribution < -0.4 is 5.32 Å². The summed E-state index contributed by atoms with van der Waals surface area (Å²) in [4.78, 5) is 32.3. The highest BCUT2D eigenvalue weighted by molar-refractivity contribution is 6.03. The Hall–Kier alpha value is -2.24. The third-order valence-corrected chi connectivity index (χ3v) is 2.69. The van der Waals surface area contributed by atoms with Gasteiger partial charge in [0.05, 0.1) is 10.8 Å². The topological polar surface area (TPSA) is 89.3 Å². The van der Waals surface area contributed by atoms with Crippen molar-refractivity contribution >= 4 is 17.5 Å². The van der Waals surface area contributed by atoms with Gasteiger partial charge >= 0.3 is 0 Å². The Balaban J connectivity index is 2.07. The van der Waals surface area contributed by atoms with Crippen molar-refractivity contribution in [1.82, 2.24) is 5.32 Å². The number of nitrogens with one attached hydrogen (secondary N) is 1. The summed E-state index contributed by atoms with van der Waals surface area (Å²) >= 11 is 0. The lowest BCUT2D eigenvalue weighted by atomic mass is 9.98. The molecule has 1 aliphatic rings. The van der Waals surface area contributed by atoms with Gasteiger partial charge in [-0.25, -0.2) is 0 Å². The smallest absolute Gasteiger partial charge is 0.269 e. The van der Waals surface area contributed by atoms with Crippen LogP contribution in [-0.2, 0) is 16.0 Å². The molecule has 1 saturated heterocycles. The van der Waals surface area contributed by atoms with E-state index in [0.717, 1.165) is 5.56 Å². The van der Waals surface area contributed by atoms with Crippen LogP contribution in [0.1, 0.15) is 12.0 Å². The van der Waals surface area contributed by atoms with E-state index in [1.807, 2.05) is 0 Å². The molecule has 1 aliphatic heterocycles. The van der Waals surface area contributed by atoms with Gasteiger partial charge in [-0.2, -0.15) is 0 Å². The molecule has 2 amide bonds. The molecule has 6 heteroatoms. The van der Waals surface area contributed by atoms with Gasteiger partial charge in [0.15, 0.2) is 0 Å². The normalized spacial score (nSPS) is 19.2. The number of benzene rings is 1. The molecule has 0 bridgehead atoms. The van der Waals surface area contributed by atoms with E-state index in [0.29, 0.717) is 6.42 Å². The van der Waals surface area contributed by atoms with Gasteiger partial charge in [0.2, 0.25) is 11.8 Å². The summed E-state index contributed by atoms with van der Waals surface area (Å²) in [5.74, 6) is -0.890. The predicted molar refractivity (Wildman–Crippen MR) is 58.1 cm³/mol. The fourth-order valence-corrected chi connectivity index (χ4v) is 1.81. The van der Waals surface area contributed by atoms with Gasteiger partial charge in [0, 0.05) is 18.6 Å². The van der Waals surface area contributed by atoms with Crippen LogP contribution in [0.2, 0.25) is 0 Å². The Morgan fingerprint density at radius 1 is 1.29 bits per heavy atom. The van der Waals surface area contributed by atoms with Crippen molar-refractivity contribution in [3.05, 3.63) is 39.9 Å². The Kier molecular flexibility index (Phi) is 2.86. The van der Waals surface area contributed by atoms with Gasteiger partial charge in [-0.15, -0.1) is 0 Å². The van der Waals surface area contributed by atoms with E-state index >= 15 is 0 Å². The number of amides is 2. The van der Waals surface area contributed by atoms with Crippen molar-refractivity contribution in [2.45, 2.75) is 12.8 Å². The summed E-state index contributed by atoms with van der Waals surface area (Å²) in [6.07, 6.45) is 0.616. The highest BCUT2D eigenvalue weighted by Crippen LogP contribution is 2.19. The second-order valence-corrected chi connectivity index (χ2v) is 3.94. The first-order valence-electron chi connectivity index (χ1n) is 5.13. The van der Waals surface area contributed by atoms with E-state index in [4.69, 9.17) is 0 Å². The van der Waals surface area contributed by atoms with Gasteiger partial charge in [0.1, 0.15) is 0 Å². The molecule has 17 heavy (non-hydrogen) atoms. The number of imide groups is 1. The summed E-state index contributed by atoms with van der Waals surface area (Å²) in [6, 6.07) is 6.00. The second kappa shape index (κ2) is 4.32. The van der Waals surface area contributed by atoms with E-state index in [2.05, 4.69) is 5.32 Å². The minimum absolute atomic E-state index is 0.0145. The monoisotopic (exact) mass is 234 g/mol. The fraction of sp³-hybridized carbons (Fsp3) is 0.273. The summed E-state index contributed by atoms with van der Waals surface area (Å²) < 4.78 is 0. The lowest BCUT2D eigenvalue weighted by Gasteiger charge is -2.05. The van der Waals surface area contributed by atoms with Crippen molar-refractivity contribution in [2.24, 2.45) is 5.92 Å². The number of non-ortho nitro benzene ring substituents is 1. The Labute approximate surface area is 96.8 Å². The number of nitrogens with zero attached hydrogens (tertiary/aromatic N) is 1. The molecule has 1 fully saturated rings. The molecule has 0 aliphatic carbocycles. The first kappa shape index (κ1) is 11.3. The van der Waals surface area contributed by atoms with Gasteiger partial charge < -0.3 is 0 Å². The number of hydrogen-bond donors (Lipinski definition) is 1. The van der Waals surface area contributed by atoms with Crippen LogP contribution in [-0.4, -0.2) is 16.7 Å². The summed E-state index contributed by atoms with van der Waals surface area (Å²) in [5, 5.41) is 12.7. The number of nitro groups is 1. The van der Waals surface area contributed by atoms with E-state index in [1.54, 1.807) is 12.1 Å². The molecule has 0 aromatic heterocycles. The average Bonchev–Trinajstić information content (AvgIpc) is 2.58. The maximum atomic E-state index is 11.3. The fourth-order valence-electron chi connectivity index (χ4n) is 1.81. The molecule has 1 aromatic carbocycles. The highest BCUT2D eigenvalue weighted by Gasteiger charge is 2.30. The summed E-state index contributed by atoms with van der Waals surface area (Å²) in [5.41, 5.74) is 0.825. The number of carbonyl (C=O) groups is 2. The zero-order valence-corrected chi connectivity index (χ0v) is 8.88. The van der Waals surface area contributed by atoms with Crippen molar-refractivity contribution < 1.29 is 14.5 Å². The minimum atomic E-state index is -0.477.